The smallest absolute Gasteiger partial charge is 0.266 e. The molecule has 5 rings (SSSR count). The number of hydrogen-bond donors (Lipinski definition) is 1. The summed E-state index contributed by atoms with van der Waals surface area (Å²) < 4.78 is 29.1. The van der Waals surface area contributed by atoms with E-state index in [0.29, 0.717) is 37.4 Å². The molecule has 38 heavy (non-hydrogen) atoms. The van der Waals surface area contributed by atoms with Crippen LogP contribution in [0.25, 0.3) is 0 Å². The highest BCUT2D eigenvalue weighted by Crippen LogP contribution is 2.40. The fraction of sp³-hybridized carbons (Fsp3) is 0.429. The van der Waals surface area contributed by atoms with Crippen molar-refractivity contribution in [1.82, 2.24) is 25.0 Å². The first-order valence-electron chi connectivity index (χ1n) is 12.8. The lowest BCUT2D eigenvalue weighted by Gasteiger charge is -2.39. The molecule has 4 heterocycles. The highest BCUT2D eigenvalue weighted by atomic mass is 19.1. The molecule has 1 amide bonds. The van der Waals surface area contributed by atoms with Gasteiger partial charge >= 0.3 is 0 Å². The van der Waals surface area contributed by atoms with Gasteiger partial charge in [0.15, 0.2) is 0 Å². The number of pyridine rings is 1. The van der Waals surface area contributed by atoms with Gasteiger partial charge < -0.3 is 10.2 Å². The number of aromatic nitrogens is 3. The molecule has 200 valence electrons. The molecule has 10 heteroatoms. The predicted molar refractivity (Wildman–Crippen MR) is 140 cm³/mol. The summed E-state index contributed by atoms with van der Waals surface area (Å²) in [7, 11) is 0. The molecule has 1 aromatic carbocycles. The van der Waals surface area contributed by atoms with Gasteiger partial charge in [-0.05, 0) is 30.7 Å². The Hall–Kier alpha value is -3.50. The number of carbonyl (C=O) groups excluding carboxylic acids is 1. The summed E-state index contributed by atoms with van der Waals surface area (Å²) in [6.45, 7) is 8.59. The molecule has 0 saturated carbocycles. The van der Waals surface area contributed by atoms with Crippen LogP contribution in [0.1, 0.15) is 37.6 Å². The Labute approximate surface area is 220 Å². The van der Waals surface area contributed by atoms with E-state index in [-0.39, 0.29) is 41.9 Å². The van der Waals surface area contributed by atoms with Crippen molar-refractivity contribution in [3.05, 3.63) is 87.6 Å². The average Bonchev–Trinajstić information content (AvgIpc) is 3.14. The Morgan fingerprint density at radius 2 is 2.03 bits per heavy atom. The summed E-state index contributed by atoms with van der Waals surface area (Å²) in [6.07, 6.45) is 3.54. The van der Waals surface area contributed by atoms with Crippen molar-refractivity contribution in [3.8, 4) is 0 Å². The molecule has 0 radical (unpaired) electrons. The van der Waals surface area contributed by atoms with Crippen molar-refractivity contribution in [2.75, 3.05) is 31.1 Å². The second kappa shape index (κ2) is 10.3. The lowest BCUT2D eigenvalue weighted by atomic mass is 9.88. The van der Waals surface area contributed by atoms with Crippen LogP contribution in [0.5, 0.6) is 0 Å². The number of nitrogens with zero attached hydrogens (tertiary/aromatic N) is 5. The first kappa shape index (κ1) is 26.1. The van der Waals surface area contributed by atoms with Gasteiger partial charge in [-0.25, -0.2) is 13.5 Å². The minimum atomic E-state index is -0.625. The average molecular weight is 523 g/mol. The van der Waals surface area contributed by atoms with Crippen LogP contribution >= 0.6 is 0 Å². The maximum Gasteiger partial charge on any atom is 0.266 e. The van der Waals surface area contributed by atoms with E-state index in [2.05, 4.69) is 41.1 Å². The van der Waals surface area contributed by atoms with E-state index in [1.165, 1.54) is 22.9 Å². The van der Waals surface area contributed by atoms with Gasteiger partial charge in [-0.15, -0.1) is 0 Å². The van der Waals surface area contributed by atoms with E-state index in [1.54, 1.807) is 23.4 Å². The van der Waals surface area contributed by atoms with Crippen LogP contribution in [-0.2, 0) is 23.2 Å². The minimum absolute atomic E-state index is 0.0468. The van der Waals surface area contributed by atoms with Crippen molar-refractivity contribution in [2.24, 2.45) is 0 Å². The molecule has 2 aliphatic rings. The SMILES string of the molecule is C[C@@H]1CN(CC(=O)N2CC(C)(C)c3cnc(Cc4ccc(F)cc4F)cc32)[C@@H](Cn2ncccc2=O)CN1. The minimum Gasteiger partial charge on any atom is -0.311 e. The quantitative estimate of drug-likeness (QED) is 0.536. The lowest BCUT2D eigenvalue weighted by molar-refractivity contribution is -0.120. The summed E-state index contributed by atoms with van der Waals surface area (Å²) in [5.74, 6) is -1.29. The molecule has 0 bridgehead atoms. The van der Waals surface area contributed by atoms with Gasteiger partial charge in [-0.1, -0.05) is 19.9 Å². The monoisotopic (exact) mass is 522 g/mol. The number of benzene rings is 1. The zero-order valence-electron chi connectivity index (χ0n) is 21.8. The van der Waals surface area contributed by atoms with Crippen LogP contribution in [0.2, 0.25) is 0 Å². The van der Waals surface area contributed by atoms with Crippen LogP contribution in [-0.4, -0.2) is 63.8 Å². The Morgan fingerprint density at radius 1 is 1.21 bits per heavy atom. The second-order valence-corrected chi connectivity index (χ2v) is 10.9. The Morgan fingerprint density at radius 3 is 2.79 bits per heavy atom. The van der Waals surface area contributed by atoms with E-state index in [0.717, 1.165) is 17.3 Å². The first-order chi connectivity index (χ1) is 18.1. The van der Waals surface area contributed by atoms with Crippen LogP contribution < -0.4 is 15.8 Å². The van der Waals surface area contributed by atoms with E-state index >= 15 is 0 Å². The molecule has 0 aliphatic carbocycles. The molecular weight excluding hydrogens is 490 g/mol. The Bertz CT molecular complexity index is 1410. The van der Waals surface area contributed by atoms with Gasteiger partial charge in [0, 0.05) is 79.3 Å². The van der Waals surface area contributed by atoms with Gasteiger partial charge in [0.2, 0.25) is 5.91 Å². The van der Waals surface area contributed by atoms with Crippen molar-refractivity contribution >= 4 is 11.6 Å². The molecule has 2 aliphatic heterocycles. The van der Waals surface area contributed by atoms with Crippen molar-refractivity contribution in [3.63, 3.8) is 0 Å². The Balaban J connectivity index is 1.37. The zero-order valence-corrected chi connectivity index (χ0v) is 21.8. The molecule has 2 atom stereocenters. The molecule has 2 aromatic heterocycles. The molecular formula is C28H32F2N6O2. The summed E-state index contributed by atoms with van der Waals surface area (Å²) in [5.41, 5.74) is 2.21. The number of hydrogen-bond acceptors (Lipinski definition) is 6. The molecule has 0 unspecified atom stereocenters. The number of anilines is 1. The fourth-order valence-corrected chi connectivity index (χ4v) is 5.36. The van der Waals surface area contributed by atoms with E-state index in [9.17, 15) is 18.4 Å². The Kier molecular flexibility index (Phi) is 7.11. The summed E-state index contributed by atoms with van der Waals surface area (Å²) in [5, 5.41) is 7.63. The van der Waals surface area contributed by atoms with Crippen LogP contribution in [0.4, 0.5) is 14.5 Å². The van der Waals surface area contributed by atoms with Crippen molar-refractivity contribution < 1.29 is 13.6 Å². The number of piperazine rings is 1. The molecule has 8 nitrogen and oxygen atoms in total. The molecule has 3 aromatic rings. The van der Waals surface area contributed by atoms with Crippen LogP contribution in [0, 0.1) is 11.6 Å². The number of nitrogens with one attached hydrogen (secondary N) is 1. The first-order valence-corrected chi connectivity index (χ1v) is 12.8. The van der Waals surface area contributed by atoms with Gasteiger partial charge in [-0.2, -0.15) is 5.10 Å². The summed E-state index contributed by atoms with van der Waals surface area (Å²) in [6, 6.07) is 8.58. The highest BCUT2D eigenvalue weighted by Gasteiger charge is 2.40. The molecule has 1 saturated heterocycles. The number of carbonyl (C=O) groups is 1. The maximum absolute atomic E-state index is 14.3. The number of halogens is 2. The van der Waals surface area contributed by atoms with Gasteiger partial charge in [0.05, 0.1) is 18.8 Å². The molecule has 1 N–H and O–H groups in total. The third-order valence-electron chi connectivity index (χ3n) is 7.43. The number of fused-ring (bicyclic) bond motifs is 1. The standard InChI is InChI=1S/C28H32F2N6O2/c1-18-14-34(22(12-31-18)15-36-26(37)5-4-8-33-36)16-27(38)35-17-28(2,3)23-13-32-21(11-25(23)35)9-19-6-7-20(29)10-24(19)30/h4-8,10-11,13,18,22,31H,9,12,14-17H2,1-3H3/t18-,22-/m1/s1. The number of amides is 1. The highest BCUT2D eigenvalue weighted by molar-refractivity contribution is 5.97. The van der Waals surface area contributed by atoms with Crippen LogP contribution in [0.3, 0.4) is 0 Å². The van der Waals surface area contributed by atoms with Crippen LogP contribution in [0.15, 0.2) is 53.6 Å². The maximum atomic E-state index is 14.3. The second-order valence-electron chi connectivity index (χ2n) is 10.9. The normalized spacial score (nSPS) is 20.9. The number of rotatable bonds is 6. The van der Waals surface area contributed by atoms with E-state index < -0.39 is 11.6 Å². The van der Waals surface area contributed by atoms with Gasteiger partial charge in [-0.3, -0.25) is 19.5 Å². The summed E-state index contributed by atoms with van der Waals surface area (Å²) in [4.78, 5) is 34.4. The lowest BCUT2D eigenvalue weighted by Crippen LogP contribution is -2.59. The van der Waals surface area contributed by atoms with Crippen molar-refractivity contribution in [2.45, 2.75) is 51.2 Å². The van der Waals surface area contributed by atoms with E-state index in [1.807, 2.05) is 6.07 Å². The third kappa shape index (κ3) is 5.37. The topological polar surface area (TPSA) is 83.4 Å². The molecule has 1 fully saturated rings. The van der Waals surface area contributed by atoms with Gasteiger partial charge in [0.1, 0.15) is 11.6 Å². The predicted octanol–water partition coefficient (Wildman–Crippen LogP) is 2.49. The van der Waals surface area contributed by atoms with Gasteiger partial charge in [0.25, 0.3) is 5.56 Å². The largest absolute Gasteiger partial charge is 0.311 e. The fourth-order valence-electron chi connectivity index (χ4n) is 5.36. The molecule has 0 spiro atoms. The third-order valence-corrected chi connectivity index (χ3v) is 7.43. The summed E-state index contributed by atoms with van der Waals surface area (Å²) >= 11 is 0. The van der Waals surface area contributed by atoms with E-state index in [4.69, 9.17) is 0 Å². The zero-order chi connectivity index (χ0) is 27.0. The van der Waals surface area contributed by atoms with Crippen molar-refractivity contribution in [1.29, 1.82) is 0 Å².